The summed E-state index contributed by atoms with van der Waals surface area (Å²) in [6.07, 6.45) is 2.46. The average molecular weight is 317 g/mol. The van der Waals surface area contributed by atoms with Crippen LogP contribution >= 0.6 is 21.6 Å². The zero-order valence-electron chi connectivity index (χ0n) is 10.9. The molecule has 0 N–H and O–H groups in total. The maximum absolute atomic E-state index is 11.2. The van der Waals surface area contributed by atoms with E-state index in [-0.39, 0.29) is 6.61 Å². The highest BCUT2D eigenvalue weighted by Crippen LogP contribution is 2.37. The van der Waals surface area contributed by atoms with Crippen LogP contribution in [0.3, 0.4) is 0 Å². The van der Waals surface area contributed by atoms with Gasteiger partial charge in [-0.2, -0.15) is 4.79 Å². The van der Waals surface area contributed by atoms with Gasteiger partial charge in [0.1, 0.15) is 11.6 Å². The Bertz CT molecular complexity index is 658. The molecule has 0 aliphatic rings. The number of esters is 1. The molecule has 0 saturated carbocycles. The van der Waals surface area contributed by atoms with E-state index in [0.717, 1.165) is 21.7 Å². The predicted molar refractivity (Wildman–Crippen MR) is 81.9 cm³/mol. The number of hydrogen-bond donors (Lipinski definition) is 0. The van der Waals surface area contributed by atoms with Crippen molar-refractivity contribution in [3.63, 3.8) is 0 Å². The third-order valence-corrected chi connectivity index (χ3v) is 4.73. The van der Waals surface area contributed by atoms with E-state index in [2.05, 4.69) is 9.77 Å². The number of carbonyl (C=O) groups is 1. The fraction of sp³-hybridized carbons (Fsp3) is 0.0714. The van der Waals surface area contributed by atoms with Crippen molar-refractivity contribution in [2.45, 2.75) is 16.5 Å². The van der Waals surface area contributed by atoms with Crippen LogP contribution < -0.4 is 0 Å². The molecule has 0 radical (unpaired) electrons. The first-order valence-corrected chi connectivity index (χ1v) is 8.12. The molecular formula is C14H11N3O2S2. The lowest BCUT2D eigenvalue weighted by Crippen LogP contribution is -2.06. The quantitative estimate of drug-likeness (QED) is 0.269. The van der Waals surface area contributed by atoms with Gasteiger partial charge in [0.05, 0.1) is 0 Å². The minimum absolute atomic E-state index is 0.122. The van der Waals surface area contributed by atoms with Gasteiger partial charge >= 0.3 is 12.2 Å². The Hall–Kier alpha value is -2.08. The zero-order chi connectivity index (χ0) is 14.9. The van der Waals surface area contributed by atoms with Crippen molar-refractivity contribution >= 4 is 33.8 Å². The predicted octanol–water partition coefficient (Wildman–Crippen LogP) is 3.22. The fourth-order valence-corrected chi connectivity index (χ4v) is 3.51. The number of pyridine rings is 1. The molecule has 0 atom stereocenters. The largest absolute Gasteiger partial charge is 0.452 e. The molecule has 0 bridgehead atoms. The van der Waals surface area contributed by atoms with Gasteiger partial charge in [-0.15, -0.1) is 0 Å². The van der Waals surface area contributed by atoms with Crippen molar-refractivity contribution in [2.75, 3.05) is 0 Å². The second-order valence-electron chi connectivity index (χ2n) is 3.79. The normalized spacial score (nSPS) is 9.71. The van der Waals surface area contributed by atoms with Gasteiger partial charge in [0.25, 0.3) is 0 Å². The third kappa shape index (κ3) is 5.07. The first-order valence-electron chi connectivity index (χ1n) is 5.97. The van der Waals surface area contributed by atoms with Crippen molar-refractivity contribution in [1.82, 2.24) is 4.98 Å². The van der Waals surface area contributed by atoms with E-state index < -0.39 is 5.97 Å². The van der Waals surface area contributed by atoms with Crippen molar-refractivity contribution in [3.05, 3.63) is 59.8 Å². The molecule has 0 aliphatic heterocycles. The Balaban J connectivity index is 1.99. The van der Waals surface area contributed by atoms with Crippen molar-refractivity contribution in [2.24, 2.45) is 0 Å². The molecule has 0 aliphatic carbocycles. The Kier molecular flexibility index (Phi) is 6.02. The molecule has 1 aromatic heterocycles. The highest BCUT2D eigenvalue weighted by molar-refractivity contribution is 8.76. The lowest BCUT2D eigenvalue weighted by molar-refractivity contribution is -0.140. The summed E-state index contributed by atoms with van der Waals surface area (Å²) in [6, 6.07) is 13.3. The van der Waals surface area contributed by atoms with E-state index in [4.69, 9.17) is 10.3 Å². The maximum atomic E-state index is 11.2. The van der Waals surface area contributed by atoms with E-state index in [9.17, 15) is 4.79 Å². The summed E-state index contributed by atoms with van der Waals surface area (Å²) >= 11 is 0. The summed E-state index contributed by atoms with van der Waals surface area (Å²) in [5, 5.41) is 0.904. The lowest BCUT2D eigenvalue weighted by Gasteiger charge is -2.07. The highest BCUT2D eigenvalue weighted by Gasteiger charge is 2.08. The molecule has 5 nitrogen and oxygen atoms in total. The average Bonchev–Trinajstić information content (AvgIpc) is 2.53. The summed E-state index contributed by atoms with van der Waals surface area (Å²) in [6.45, 7) is 0.122. The molecule has 7 heteroatoms. The molecule has 0 unspecified atom stereocenters. The van der Waals surface area contributed by atoms with Gasteiger partial charge in [-0.05, 0) is 29.0 Å². The first-order chi connectivity index (χ1) is 10.3. The molecule has 0 spiro atoms. The van der Waals surface area contributed by atoms with E-state index >= 15 is 0 Å². The van der Waals surface area contributed by atoms with Crippen LogP contribution in [0.4, 0.5) is 0 Å². The van der Waals surface area contributed by atoms with Crippen LogP contribution in [0.25, 0.3) is 5.53 Å². The molecule has 0 fully saturated rings. The molecule has 1 heterocycles. The smallest absolute Gasteiger partial charge is 0.413 e. The molecule has 0 amide bonds. The van der Waals surface area contributed by atoms with Crippen LogP contribution in [0.1, 0.15) is 5.56 Å². The van der Waals surface area contributed by atoms with Gasteiger partial charge in [0.15, 0.2) is 0 Å². The molecule has 21 heavy (non-hydrogen) atoms. The summed E-state index contributed by atoms with van der Waals surface area (Å²) in [5.74, 6) is -0.685. The number of carbonyl (C=O) groups excluding carboxylic acids is 1. The Morgan fingerprint density at radius 1 is 1.24 bits per heavy atom. The highest BCUT2D eigenvalue weighted by atomic mass is 33.1. The van der Waals surface area contributed by atoms with Gasteiger partial charge < -0.3 is 10.3 Å². The van der Waals surface area contributed by atoms with E-state index in [0.29, 0.717) is 0 Å². The third-order valence-electron chi connectivity index (χ3n) is 2.36. The Morgan fingerprint density at radius 3 is 2.81 bits per heavy atom. The molecule has 2 aromatic rings. The molecule has 106 valence electrons. The summed E-state index contributed by atoms with van der Waals surface area (Å²) in [5.41, 5.74) is 9.13. The minimum atomic E-state index is -0.685. The number of hydrogen-bond acceptors (Lipinski definition) is 5. The van der Waals surface area contributed by atoms with Gasteiger partial charge in [-0.3, -0.25) is 0 Å². The molecule has 2 rings (SSSR count). The van der Waals surface area contributed by atoms with Crippen LogP contribution in [0, 0.1) is 0 Å². The standard InChI is InChI=1S/C14H11N3O2S2/c15-17-9-14(18)19-10-11-5-1-2-6-12(11)20-21-13-7-3-4-8-16-13/h1-9H,10H2. The van der Waals surface area contributed by atoms with Crippen LogP contribution in [0.5, 0.6) is 0 Å². The van der Waals surface area contributed by atoms with Gasteiger partial charge in [-0.1, -0.05) is 35.1 Å². The van der Waals surface area contributed by atoms with E-state index in [1.165, 1.54) is 10.8 Å². The van der Waals surface area contributed by atoms with Crippen molar-refractivity contribution in [3.8, 4) is 0 Å². The monoisotopic (exact) mass is 317 g/mol. The zero-order valence-corrected chi connectivity index (χ0v) is 12.5. The SMILES string of the molecule is [N-]=[N+]=CC(=O)OCc1ccccc1SSc1ccccn1. The van der Waals surface area contributed by atoms with E-state index in [1.807, 2.05) is 42.5 Å². The first kappa shape index (κ1) is 15.3. The van der Waals surface area contributed by atoms with Crippen LogP contribution in [-0.4, -0.2) is 22.0 Å². The van der Waals surface area contributed by atoms with Crippen LogP contribution in [0.2, 0.25) is 0 Å². The number of benzene rings is 1. The summed E-state index contributed by atoms with van der Waals surface area (Å²) < 4.78 is 4.97. The summed E-state index contributed by atoms with van der Waals surface area (Å²) in [7, 11) is 3.08. The van der Waals surface area contributed by atoms with Crippen molar-refractivity contribution in [1.29, 1.82) is 0 Å². The van der Waals surface area contributed by atoms with Crippen LogP contribution in [0.15, 0.2) is 58.6 Å². The fourth-order valence-electron chi connectivity index (χ4n) is 1.42. The Morgan fingerprint density at radius 2 is 2.05 bits per heavy atom. The minimum Gasteiger partial charge on any atom is -0.452 e. The molecular weight excluding hydrogens is 306 g/mol. The second-order valence-corrected chi connectivity index (χ2v) is 5.99. The summed E-state index contributed by atoms with van der Waals surface area (Å²) in [4.78, 5) is 19.0. The van der Waals surface area contributed by atoms with E-state index in [1.54, 1.807) is 17.0 Å². The topological polar surface area (TPSA) is 75.6 Å². The number of nitrogens with zero attached hydrogens (tertiary/aromatic N) is 3. The van der Waals surface area contributed by atoms with Gasteiger partial charge in [-0.25, -0.2) is 9.78 Å². The van der Waals surface area contributed by atoms with Crippen LogP contribution in [-0.2, 0) is 16.1 Å². The number of rotatable bonds is 6. The number of ether oxygens (including phenoxy) is 1. The Labute approximate surface area is 129 Å². The van der Waals surface area contributed by atoms with Crippen molar-refractivity contribution < 1.29 is 14.3 Å². The number of aromatic nitrogens is 1. The molecule has 1 aromatic carbocycles. The second kappa shape index (κ2) is 8.26. The van der Waals surface area contributed by atoms with Gasteiger partial charge in [0, 0.05) is 16.7 Å². The molecule has 0 saturated heterocycles. The lowest BCUT2D eigenvalue weighted by atomic mass is 10.2. The maximum Gasteiger partial charge on any atom is 0.413 e. The van der Waals surface area contributed by atoms with Gasteiger partial charge in [0.2, 0.25) is 0 Å².